The summed E-state index contributed by atoms with van der Waals surface area (Å²) in [4.78, 5) is 0. The smallest absolute Gasteiger partial charge is 0.209 e. The van der Waals surface area contributed by atoms with Crippen molar-refractivity contribution in [3.8, 4) is 0 Å². The van der Waals surface area contributed by atoms with Crippen molar-refractivity contribution in [1.82, 2.24) is 25.5 Å². The average molecular weight is 305 g/mol. The topological polar surface area (TPSA) is 55.6 Å². The van der Waals surface area contributed by atoms with Crippen LogP contribution < -0.4 is 5.32 Å². The van der Waals surface area contributed by atoms with Crippen molar-refractivity contribution >= 4 is 11.8 Å². The molecular formula is C15H23N5S. The molecule has 2 aromatic rings. The van der Waals surface area contributed by atoms with Crippen LogP contribution in [0.2, 0.25) is 0 Å². The van der Waals surface area contributed by atoms with Crippen molar-refractivity contribution in [2.75, 3.05) is 13.6 Å². The van der Waals surface area contributed by atoms with E-state index in [1.807, 2.05) is 11.7 Å². The van der Waals surface area contributed by atoms with Crippen LogP contribution in [0.1, 0.15) is 31.9 Å². The van der Waals surface area contributed by atoms with E-state index in [1.165, 1.54) is 11.1 Å². The number of hydrogen-bond donors (Lipinski definition) is 1. The predicted molar refractivity (Wildman–Crippen MR) is 86.4 cm³/mol. The molecule has 0 aliphatic rings. The molecule has 0 unspecified atom stereocenters. The van der Waals surface area contributed by atoms with Gasteiger partial charge in [0, 0.05) is 12.3 Å². The number of thioether (sulfide) groups is 1. The third-order valence-corrected chi connectivity index (χ3v) is 4.29. The largest absolute Gasteiger partial charge is 0.318 e. The minimum Gasteiger partial charge on any atom is -0.318 e. The molecule has 5 nitrogen and oxygen atoms in total. The maximum absolute atomic E-state index is 4.08. The Balaban J connectivity index is 1.95. The number of benzene rings is 1. The first kappa shape index (κ1) is 16.0. The molecule has 0 fully saturated rings. The highest BCUT2D eigenvalue weighted by molar-refractivity contribution is 7.98. The maximum Gasteiger partial charge on any atom is 0.209 e. The van der Waals surface area contributed by atoms with Gasteiger partial charge in [-0.1, -0.05) is 56.8 Å². The van der Waals surface area contributed by atoms with E-state index in [1.54, 1.807) is 11.8 Å². The molecular weight excluding hydrogens is 282 g/mol. The van der Waals surface area contributed by atoms with Crippen LogP contribution in [-0.2, 0) is 17.7 Å². The average Bonchev–Trinajstić information content (AvgIpc) is 2.90. The molecule has 21 heavy (non-hydrogen) atoms. The summed E-state index contributed by atoms with van der Waals surface area (Å²) in [5, 5.41) is 15.8. The van der Waals surface area contributed by atoms with Gasteiger partial charge >= 0.3 is 0 Å². The van der Waals surface area contributed by atoms with Gasteiger partial charge in [-0.15, -0.1) is 5.10 Å². The van der Waals surface area contributed by atoms with Gasteiger partial charge in [0.2, 0.25) is 5.16 Å². The molecule has 0 atom stereocenters. The fourth-order valence-corrected chi connectivity index (χ4v) is 2.77. The fourth-order valence-electron chi connectivity index (χ4n) is 1.91. The number of rotatable bonds is 6. The lowest BCUT2D eigenvalue weighted by Crippen LogP contribution is -2.16. The van der Waals surface area contributed by atoms with Crippen LogP contribution in [-0.4, -0.2) is 33.8 Å². The summed E-state index contributed by atoms with van der Waals surface area (Å²) < 4.78 is 1.84. The zero-order valence-corrected chi connectivity index (χ0v) is 13.9. The molecule has 2 rings (SSSR count). The summed E-state index contributed by atoms with van der Waals surface area (Å²) in [5.41, 5.74) is 2.84. The highest BCUT2D eigenvalue weighted by Gasteiger charge is 2.13. The second-order valence-electron chi connectivity index (χ2n) is 6.02. The van der Waals surface area contributed by atoms with E-state index in [9.17, 15) is 0 Å². The number of aromatic nitrogens is 4. The SMILES string of the molecule is CNCCn1nnnc1SCc1ccc(C(C)(C)C)cc1. The van der Waals surface area contributed by atoms with E-state index < -0.39 is 0 Å². The van der Waals surface area contributed by atoms with E-state index in [0.29, 0.717) is 0 Å². The molecule has 0 radical (unpaired) electrons. The summed E-state index contributed by atoms with van der Waals surface area (Å²) in [5.74, 6) is 0.879. The Morgan fingerprint density at radius 3 is 2.52 bits per heavy atom. The van der Waals surface area contributed by atoms with Crippen molar-refractivity contribution in [2.45, 2.75) is 43.6 Å². The Bertz CT molecular complexity index is 556. The predicted octanol–water partition coefficient (Wildman–Crippen LogP) is 2.48. The first-order chi connectivity index (χ1) is 10.0. The lowest BCUT2D eigenvalue weighted by Gasteiger charge is -2.19. The van der Waals surface area contributed by atoms with Crippen LogP contribution in [0.5, 0.6) is 0 Å². The molecule has 0 amide bonds. The van der Waals surface area contributed by atoms with Crippen LogP contribution in [0.25, 0.3) is 0 Å². The first-order valence-corrected chi connectivity index (χ1v) is 8.12. The Kier molecular flexibility index (Phi) is 5.36. The molecule has 0 spiro atoms. The van der Waals surface area contributed by atoms with Crippen molar-refractivity contribution in [3.05, 3.63) is 35.4 Å². The third-order valence-electron chi connectivity index (χ3n) is 3.26. The Hall–Kier alpha value is -1.40. The number of tetrazole rings is 1. The van der Waals surface area contributed by atoms with Crippen molar-refractivity contribution in [2.24, 2.45) is 0 Å². The molecule has 0 aliphatic carbocycles. The standard InChI is InChI=1S/C15H23N5S/c1-15(2,3)13-7-5-12(6-8-13)11-21-14-17-18-19-20(14)10-9-16-4/h5-8,16H,9-11H2,1-4H3. The van der Waals surface area contributed by atoms with Crippen LogP contribution in [0.4, 0.5) is 0 Å². The number of nitrogens with one attached hydrogen (secondary N) is 1. The fraction of sp³-hybridized carbons (Fsp3) is 0.533. The quantitative estimate of drug-likeness (QED) is 0.831. The molecule has 1 aromatic heterocycles. The summed E-state index contributed by atoms with van der Waals surface area (Å²) in [6.07, 6.45) is 0. The summed E-state index contributed by atoms with van der Waals surface area (Å²) in [6.45, 7) is 8.33. The van der Waals surface area contributed by atoms with E-state index in [0.717, 1.165) is 24.0 Å². The normalized spacial score (nSPS) is 11.8. The second kappa shape index (κ2) is 7.04. The maximum atomic E-state index is 4.08. The van der Waals surface area contributed by atoms with Crippen molar-refractivity contribution in [1.29, 1.82) is 0 Å². The summed E-state index contributed by atoms with van der Waals surface area (Å²) in [7, 11) is 1.92. The lowest BCUT2D eigenvalue weighted by atomic mass is 9.87. The van der Waals surface area contributed by atoms with Crippen LogP contribution in [0, 0.1) is 0 Å². The molecule has 114 valence electrons. The molecule has 0 saturated heterocycles. The summed E-state index contributed by atoms with van der Waals surface area (Å²) in [6, 6.07) is 8.80. The lowest BCUT2D eigenvalue weighted by molar-refractivity contribution is 0.530. The highest BCUT2D eigenvalue weighted by Crippen LogP contribution is 2.24. The Labute approximate surface area is 130 Å². The minimum atomic E-state index is 0.197. The Morgan fingerprint density at radius 2 is 1.90 bits per heavy atom. The van der Waals surface area contributed by atoms with Gasteiger partial charge in [-0.25, -0.2) is 4.68 Å². The number of likely N-dealkylation sites (N-methyl/N-ethyl adjacent to an activating group) is 1. The van der Waals surface area contributed by atoms with Gasteiger partial charge in [0.1, 0.15) is 0 Å². The van der Waals surface area contributed by atoms with Gasteiger partial charge in [0.05, 0.1) is 6.54 Å². The van der Waals surface area contributed by atoms with Crippen molar-refractivity contribution in [3.63, 3.8) is 0 Å². The van der Waals surface area contributed by atoms with Gasteiger partial charge in [0.15, 0.2) is 0 Å². The first-order valence-electron chi connectivity index (χ1n) is 7.13. The summed E-state index contributed by atoms with van der Waals surface area (Å²) >= 11 is 1.67. The monoisotopic (exact) mass is 305 g/mol. The molecule has 6 heteroatoms. The zero-order chi connectivity index (χ0) is 15.3. The molecule has 1 aromatic carbocycles. The highest BCUT2D eigenvalue weighted by atomic mass is 32.2. The van der Waals surface area contributed by atoms with E-state index in [4.69, 9.17) is 0 Å². The molecule has 1 heterocycles. The number of hydrogen-bond acceptors (Lipinski definition) is 5. The molecule has 0 saturated carbocycles. The van der Waals surface area contributed by atoms with Crippen LogP contribution in [0.15, 0.2) is 29.4 Å². The van der Waals surface area contributed by atoms with Gasteiger partial charge in [-0.05, 0) is 34.0 Å². The van der Waals surface area contributed by atoms with Gasteiger partial charge in [-0.2, -0.15) is 0 Å². The molecule has 0 bridgehead atoms. The third kappa shape index (κ3) is 4.54. The van der Waals surface area contributed by atoms with E-state index in [-0.39, 0.29) is 5.41 Å². The Morgan fingerprint density at radius 1 is 1.19 bits per heavy atom. The molecule has 0 aliphatic heterocycles. The van der Waals surface area contributed by atoms with Crippen molar-refractivity contribution < 1.29 is 0 Å². The van der Waals surface area contributed by atoms with E-state index >= 15 is 0 Å². The number of nitrogens with zero attached hydrogens (tertiary/aromatic N) is 4. The molecule has 1 N–H and O–H groups in total. The van der Waals surface area contributed by atoms with Gasteiger partial charge in [0.25, 0.3) is 0 Å². The zero-order valence-electron chi connectivity index (χ0n) is 13.1. The minimum absolute atomic E-state index is 0.197. The van der Waals surface area contributed by atoms with Gasteiger partial charge in [-0.3, -0.25) is 0 Å². The van der Waals surface area contributed by atoms with Gasteiger partial charge < -0.3 is 5.32 Å². The second-order valence-corrected chi connectivity index (χ2v) is 6.97. The van der Waals surface area contributed by atoms with Crippen LogP contribution >= 0.6 is 11.8 Å². The van der Waals surface area contributed by atoms with Crippen LogP contribution in [0.3, 0.4) is 0 Å². The van der Waals surface area contributed by atoms with E-state index in [2.05, 4.69) is 65.9 Å².